The molecule has 1 heterocycles. The first kappa shape index (κ1) is 14.1. The molecule has 0 spiro atoms. The molecule has 2 N–H and O–H groups in total. The summed E-state index contributed by atoms with van der Waals surface area (Å²) in [4.78, 5) is 0. The summed E-state index contributed by atoms with van der Waals surface area (Å²) in [6, 6.07) is 9.10. The van der Waals surface area contributed by atoms with E-state index in [-0.39, 0.29) is 5.75 Å². The molecule has 2 aromatic carbocycles. The van der Waals surface area contributed by atoms with Crippen LogP contribution in [0.1, 0.15) is 16.7 Å². The van der Waals surface area contributed by atoms with Gasteiger partial charge in [-0.05, 0) is 73.0 Å². The lowest BCUT2D eigenvalue weighted by molar-refractivity contribution is 0.458. The van der Waals surface area contributed by atoms with Crippen LogP contribution in [0.3, 0.4) is 0 Å². The summed E-state index contributed by atoms with van der Waals surface area (Å²) < 4.78 is 5.97. The summed E-state index contributed by atoms with van der Waals surface area (Å²) in [6.45, 7) is 5.78. The number of H-pyrrole nitrogens is 1. The maximum absolute atomic E-state index is 9.58. The number of phenols is 1. The number of hydrogen-bond acceptors (Lipinski definition) is 5. The van der Waals surface area contributed by atoms with Crippen molar-refractivity contribution in [3.05, 3.63) is 47.0 Å². The number of phenolic OH excluding ortho intramolecular Hbond substituents is 1. The third-order valence-electron chi connectivity index (χ3n) is 3.45. The summed E-state index contributed by atoms with van der Waals surface area (Å²) in [7, 11) is 0. The van der Waals surface area contributed by atoms with Gasteiger partial charge in [-0.2, -0.15) is 5.21 Å². The Labute approximate surface area is 127 Å². The lowest BCUT2D eigenvalue weighted by atomic mass is 10.1. The van der Waals surface area contributed by atoms with Gasteiger partial charge in [0.15, 0.2) is 0 Å². The number of nitrogens with zero attached hydrogens (tertiary/aromatic N) is 3. The highest BCUT2D eigenvalue weighted by Gasteiger charge is 2.11. The minimum absolute atomic E-state index is 0.258. The molecule has 0 amide bonds. The molecule has 0 unspecified atom stereocenters. The SMILES string of the molecule is Cc1cc(Oc2c(C)cc(-c3nn[nH]n3)cc2C)ccc1O. The first-order chi connectivity index (χ1) is 10.5. The van der Waals surface area contributed by atoms with Crippen LogP contribution in [0.2, 0.25) is 0 Å². The van der Waals surface area contributed by atoms with E-state index in [0.29, 0.717) is 11.6 Å². The molecule has 1 aromatic heterocycles. The molecule has 6 nitrogen and oxygen atoms in total. The number of aromatic amines is 1. The number of nitrogens with one attached hydrogen (secondary N) is 1. The van der Waals surface area contributed by atoms with E-state index < -0.39 is 0 Å². The predicted molar refractivity (Wildman–Crippen MR) is 82.0 cm³/mol. The highest BCUT2D eigenvalue weighted by atomic mass is 16.5. The Balaban J connectivity index is 1.96. The number of ether oxygens (including phenoxy) is 1. The Bertz CT molecular complexity index is 790. The Morgan fingerprint density at radius 2 is 1.73 bits per heavy atom. The molecule has 6 heteroatoms. The average Bonchev–Trinajstić information content (AvgIpc) is 3.00. The van der Waals surface area contributed by atoms with Crippen molar-refractivity contribution < 1.29 is 9.84 Å². The van der Waals surface area contributed by atoms with Crippen molar-refractivity contribution in [2.24, 2.45) is 0 Å². The smallest absolute Gasteiger partial charge is 0.204 e. The van der Waals surface area contributed by atoms with E-state index in [1.165, 1.54) is 0 Å². The van der Waals surface area contributed by atoms with Gasteiger partial charge in [0.1, 0.15) is 17.2 Å². The van der Waals surface area contributed by atoms with Gasteiger partial charge in [0.2, 0.25) is 5.82 Å². The molecule has 0 bridgehead atoms. The highest BCUT2D eigenvalue weighted by Crippen LogP contribution is 2.33. The number of benzene rings is 2. The second-order valence-electron chi connectivity index (χ2n) is 5.22. The molecule has 0 saturated heterocycles. The van der Waals surface area contributed by atoms with Crippen LogP contribution in [-0.4, -0.2) is 25.7 Å². The molecule has 0 aliphatic carbocycles. The van der Waals surface area contributed by atoms with Gasteiger partial charge in [0.25, 0.3) is 0 Å². The zero-order chi connectivity index (χ0) is 15.7. The first-order valence-corrected chi connectivity index (χ1v) is 6.87. The molecule has 0 aliphatic heterocycles. The fourth-order valence-electron chi connectivity index (χ4n) is 2.33. The van der Waals surface area contributed by atoms with Crippen molar-refractivity contribution in [2.75, 3.05) is 0 Å². The van der Waals surface area contributed by atoms with Crippen LogP contribution in [-0.2, 0) is 0 Å². The molecule has 0 saturated carbocycles. The van der Waals surface area contributed by atoms with Gasteiger partial charge in [-0.15, -0.1) is 10.2 Å². The Morgan fingerprint density at radius 1 is 1.00 bits per heavy atom. The number of aryl methyl sites for hydroxylation is 3. The van der Waals surface area contributed by atoms with E-state index in [1.807, 2.05) is 32.9 Å². The summed E-state index contributed by atoms with van der Waals surface area (Å²) >= 11 is 0. The Morgan fingerprint density at radius 3 is 2.32 bits per heavy atom. The maximum atomic E-state index is 9.58. The van der Waals surface area contributed by atoms with Gasteiger partial charge >= 0.3 is 0 Å². The second-order valence-corrected chi connectivity index (χ2v) is 5.22. The quantitative estimate of drug-likeness (QED) is 0.774. The normalized spacial score (nSPS) is 10.7. The van der Waals surface area contributed by atoms with Crippen LogP contribution >= 0.6 is 0 Å². The van der Waals surface area contributed by atoms with Crippen LogP contribution in [0.5, 0.6) is 17.2 Å². The average molecular weight is 296 g/mol. The van der Waals surface area contributed by atoms with Crippen molar-refractivity contribution in [1.82, 2.24) is 20.6 Å². The van der Waals surface area contributed by atoms with Crippen LogP contribution in [0.4, 0.5) is 0 Å². The van der Waals surface area contributed by atoms with Gasteiger partial charge in [-0.3, -0.25) is 0 Å². The van der Waals surface area contributed by atoms with Gasteiger partial charge in [-0.1, -0.05) is 0 Å². The third-order valence-corrected chi connectivity index (χ3v) is 3.45. The molecule has 0 radical (unpaired) electrons. The molecule has 22 heavy (non-hydrogen) atoms. The van der Waals surface area contributed by atoms with E-state index in [1.54, 1.807) is 18.2 Å². The van der Waals surface area contributed by atoms with Crippen LogP contribution in [0.15, 0.2) is 30.3 Å². The summed E-state index contributed by atoms with van der Waals surface area (Å²) in [6.07, 6.45) is 0. The third kappa shape index (κ3) is 2.63. The number of aromatic nitrogens is 4. The van der Waals surface area contributed by atoms with Crippen LogP contribution in [0.25, 0.3) is 11.4 Å². The number of tetrazole rings is 1. The molecule has 112 valence electrons. The van der Waals surface area contributed by atoms with Crippen LogP contribution in [0, 0.1) is 20.8 Å². The molecule has 0 fully saturated rings. The summed E-state index contributed by atoms with van der Waals surface area (Å²) in [5, 5.41) is 23.6. The van der Waals surface area contributed by atoms with E-state index >= 15 is 0 Å². The van der Waals surface area contributed by atoms with Gasteiger partial charge in [0, 0.05) is 5.56 Å². The molecule has 3 aromatic rings. The van der Waals surface area contributed by atoms with E-state index in [2.05, 4.69) is 20.6 Å². The van der Waals surface area contributed by atoms with E-state index in [9.17, 15) is 5.11 Å². The number of rotatable bonds is 3. The standard InChI is InChI=1S/C16H16N4O2/c1-9-8-13(4-5-14(9)21)22-15-10(2)6-12(7-11(15)3)16-17-19-20-18-16/h4-8,21H,1-3H3,(H,17,18,19,20). The lowest BCUT2D eigenvalue weighted by Crippen LogP contribution is -1.94. The zero-order valence-electron chi connectivity index (χ0n) is 12.6. The van der Waals surface area contributed by atoms with Crippen molar-refractivity contribution in [3.63, 3.8) is 0 Å². The van der Waals surface area contributed by atoms with Crippen molar-refractivity contribution in [3.8, 4) is 28.6 Å². The minimum atomic E-state index is 0.258. The highest BCUT2D eigenvalue weighted by molar-refractivity contribution is 5.61. The summed E-state index contributed by atoms with van der Waals surface area (Å²) in [5.41, 5.74) is 3.62. The lowest BCUT2D eigenvalue weighted by Gasteiger charge is -2.13. The zero-order valence-corrected chi connectivity index (χ0v) is 12.6. The Hall–Kier alpha value is -2.89. The summed E-state index contributed by atoms with van der Waals surface area (Å²) in [5.74, 6) is 2.29. The second kappa shape index (κ2) is 5.48. The fraction of sp³-hybridized carbons (Fsp3) is 0.188. The van der Waals surface area contributed by atoms with E-state index in [0.717, 1.165) is 28.0 Å². The number of hydrogen-bond donors (Lipinski definition) is 2. The van der Waals surface area contributed by atoms with Crippen molar-refractivity contribution in [1.29, 1.82) is 0 Å². The van der Waals surface area contributed by atoms with Gasteiger partial charge in [0.05, 0.1) is 0 Å². The largest absolute Gasteiger partial charge is 0.508 e. The maximum Gasteiger partial charge on any atom is 0.204 e. The Kier molecular flexibility index (Phi) is 3.50. The molecule has 3 rings (SSSR count). The first-order valence-electron chi connectivity index (χ1n) is 6.87. The number of aromatic hydroxyl groups is 1. The predicted octanol–water partition coefficient (Wildman–Crippen LogP) is 3.29. The topological polar surface area (TPSA) is 83.9 Å². The van der Waals surface area contributed by atoms with Crippen molar-refractivity contribution >= 4 is 0 Å². The monoisotopic (exact) mass is 296 g/mol. The van der Waals surface area contributed by atoms with Crippen molar-refractivity contribution in [2.45, 2.75) is 20.8 Å². The molecular weight excluding hydrogens is 280 g/mol. The van der Waals surface area contributed by atoms with Gasteiger partial charge < -0.3 is 9.84 Å². The molecule has 0 aliphatic rings. The van der Waals surface area contributed by atoms with Crippen LogP contribution < -0.4 is 4.74 Å². The van der Waals surface area contributed by atoms with Gasteiger partial charge in [-0.25, -0.2) is 0 Å². The van der Waals surface area contributed by atoms with E-state index in [4.69, 9.17) is 4.74 Å². The fourth-order valence-corrected chi connectivity index (χ4v) is 2.33. The molecular formula is C16H16N4O2. The molecule has 0 atom stereocenters. The minimum Gasteiger partial charge on any atom is -0.508 e.